The van der Waals surface area contributed by atoms with Crippen LogP contribution < -0.4 is 4.57 Å². The van der Waals surface area contributed by atoms with E-state index in [0.29, 0.717) is 17.1 Å². The lowest BCUT2D eigenvalue weighted by atomic mass is 9.88. The third-order valence-electron chi connectivity index (χ3n) is 6.37. The summed E-state index contributed by atoms with van der Waals surface area (Å²) in [5.41, 5.74) is 8.79. The molecule has 0 saturated carbocycles. The maximum atomic E-state index is 10.3. The molecule has 0 aliphatic heterocycles. The Kier molecular flexibility index (Phi) is 5.23. The highest BCUT2D eigenvalue weighted by molar-refractivity contribution is 6.12. The third-order valence-corrected chi connectivity index (χ3v) is 6.37. The van der Waals surface area contributed by atoms with Crippen molar-refractivity contribution < 1.29 is 8.98 Å². The molecule has 0 radical (unpaired) electrons. The molecule has 162 valence electrons. The molecule has 0 spiro atoms. The largest absolute Gasteiger partial charge is 0.454 e. The van der Waals surface area contributed by atoms with Crippen molar-refractivity contribution >= 4 is 21.9 Å². The molecule has 0 fully saturated rings. The summed E-state index contributed by atoms with van der Waals surface area (Å²) in [7, 11) is 2.05. The van der Waals surface area contributed by atoms with Crippen molar-refractivity contribution in [3.63, 3.8) is 0 Å². The first-order chi connectivity index (χ1) is 16.0. The average molecular weight is 432 g/mol. The maximum Gasteiger partial charge on any atom is 0.216 e. The van der Waals surface area contributed by atoms with E-state index in [0.717, 1.165) is 56.3 Å². The predicted molar refractivity (Wildman–Crippen MR) is 134 cm³/mol. The molecule has 33 heavy (non-hydrogen) atoms. The van der Waals surface area contributed by atoms with Gasteiger partial charge in [0, 0.05) is 22.9 Å². The zero-order valence-corrected chi connectivity index (χ0v) is 19.5. The summed E-state index contributed by atoms with van der Waals surface area (Å²) in [4.78, 5) is 0. The normalized spacial score (nSPS) is 11.4. The second kappa shape index (κ2) is 8.22. The summed E-state index contributed by atoms with van der Waals surface area (Å²) in [6.45, 7) is 6.49. The van der Waals surface area contributed by atoms with Crippen LogP contribution in [0.2, 0.25) is 0 Å². The molecule has 0 N–H and O–H groups in total. The van der Waals surface area contributed by atoms with Crippen LogP contribution in [0, 0.1) is 24.2 Å². The second-order valence-corrected chi connectivity index (χ2v) is 9.16. The van der Waals surface area contributed by atoms with Crippen molar-refractivity contribution in [2.75, 3.05) is 0 Å². The van der Waals surface area contributed by atoms with Gasteiger partial charge in [-0.15, -0.1) is 0 Å². The van der Waals surface area contributed by atoms with E-state index in [1.807, 2.05) is 31.4 Å². The Bertz CT molecular complexity index is 1540. The molecule has 3 heteroatoms. The van der Waals surface area contributed by atoms with Crippen LogP contribution in [0.25, 0.3) is 44.3 Å². The van der Waals surface area contributed by atoms with E-state index < -0.39 is 0 Å². The van der Waals surface area contributed by atoms with Crippen LogP contribution in [-0.2, 0) is 13.5 Å². The molecule has 3 nitrogen and oxygen atoms in total. The molecule has 0 saturated heterocycles. The van der Waals surface area contributed by atoms with Crippen molar-refractivity contribution in [3.8, 4) is 28.5 Å². The van der Waals surface area contributed by atoms with Crippen LogP contribution >= 0.6 is 0 Å². The summed E-state index contributed by atoms with van der Waals surface area (Å²) < 4.78 is 8.68. The van der Waals surface area contributed by atoms with Crippen molar-refractivity contribution in [3.05, 3.63) is 89.6 Å². The van der Waals surface area contributed by atoms with Gasteiger partial charge in [0.05, 0.1) is 11.1 Å². The Morgan fingerprint density at radius 3 is 2.39 bits per heavy atom. The van der Waals surface area contributed by atoms with Crippen molar-refractivity contribution in [1.82, 2.24) is 0 Å². The molecule has 0 unspecified atom stereocenters. The first-order valence-electron chi connectivity index (χ1n) is 11.4. The highest BCUT2D eigenvalue weighted by Crippen LogP contribution is 2.42. The minimum atomic E-state index is 0.419. The summed E-state index contributed by atoms with van der Waals surface area (Å²) in [6.07, 6.45) is 2.87. The molecule has 0 amide bonds. The first kappa shape index (κ1) is 21.0. The van der Waals surface area contributed by atoms with E-state index in [-0.39, 0.29) is 0 Å². The maximum absolute atomic E-state index is 10.3. The van der Waals surface area contributed by atoms with Crippen LogP contribution in [0.3, 0.4) is 0 Å². The predicted octanol–water partition coefficient (Wildman–Crippen LogP) is 7.12. The topological polar surface area (TPSA) is 40.8 Å². The van der Waals surface area contributed by atoms with E-state index in [9.17, 15) is 5.26 Å². The number of nitriles is 1. The minimum Gasteiger partial charge on any atom is -0.454 e. The van der Waals surface area contributed by atoms with Gasteiger partial charge in [0.15, 0.2) is 11.8 Å². The van der Waals surface area contributed by atoms with Gasteiger partial charge in [0.1, 0.15) is 18.7 Å². The molecule has 0 bridgehead atoms. The quantitative estimate of drug-likeness (QED) is 0.284. The lowest BCUT2D eigenvalue weighted by molar-refractivity contribution is -0.660. The third kappa shape index (κ3) is 3.49. The molecule has 0 aliphatic rings. The summed E-state index contributed by atoms with van der Waals surface area (Å²) in [5, 5.41) is 12.3. The fourth-order valence-electron chi connectivity index (χ4n) is 4.83. The molecule has 0 aliphatic carbocycles. The fraction of sp³-hybridized carbons (Fsp3) is 0.200. The van der Waals surface area contributed by atoms with Gasteiger partial charge in [-0.3, -0.25) is 0 Å². The lowest BCUT2D eigenvalue weighted by Gasteiger charge is -2.14. The summed E-state index contributed by atoms with van der Waals surface area (Å²) in [6, 6.07) is 25.5. The molecule has 5 rings (SSSR count). The molecular formula is C30H27N2O+. The Morgan fingerprint density at radius 2 is 1.70 bits per heavy atom. The molecule has 2 aromatic heterocycles. The number of aromatic nitrogens is 1. The van der Waals surface area contributed by atoms with E-state index in [4.69, 9.17) is 4.42 Å². The molecular weight excluding hydrogens is 404 g/mol. The zero-order chi connectivity index (χ0) is 23.1. The number of hydrogen-bond donors (Lipinski definition) is 0. The average Bonchev–Trinajstić information content (AvgIpc) is 3.17. The molecule has 0 atom stereocenters. The minimum absolute atomic E-state index is 0.419. The smallest absolute Gasteiger partial charge is 0.216 e. The molecule has 2 heterocycles. The van der Waals surface area contributed by atoms with E-state index in [2.05, 4.69) is 79.9 Å². The highest BCUT2D eigenvalue weighted by atomic mass is 16.3. The monoisotopic (exact) mass is 431 g/mol. The van der Waals surface area contributed by atoms with Crippen molar-refractivity contribution in [1.29, 1.82) is 5.26 Å². The number of pyridine rings is 1. The van der Waals surface area contributed by atoms with Gasteiger partial charge in [-0.25, -0.2) is 4.57 Å². The number of aryl methyl sites for hydroxylation is 2. The Labute approximate surface area is 194 Å². The van der Waals surface area contributed by atoms with Gasteiger partial charge < -0.3 is 4.42 Å². The van der Waals surface area contributed by atoms with Gasteiger partial charge in [-0.05, 0) is 53.6 Å². The second-order valence-electron chi connectivity index (χ2n) is 9.16. The van der Waals surface area contributed by atoms with Crippen molar-refractivity contribution in [2.45, 2.75) is 27.2 Å². The fourth-order valence-corrected chi connectivity index (χ4v) is 4.83. The number of rotatable bonds is 4. The Balaban J connectivity index is 1.92. The lowest BCUT2D eigenvalue weighted by Crippen LogP contribution is -2.30. The van der Waals surface area contributed by atoms with Crippen LogP contribution in [0.5, 0.6) is 0 Å². The van der Waals surface area contributed by atoms with Crippen LogP contribution in [0.15, 0.2) is 77.3 Å². The number of nitrogens with zero attached hydrogens (tertiary/aromatic N) is 2. The van der Waals surface area contributed by atoms with Crippen LogP contribution in [-0.4, -0.2) is 0 Å². The molecule has 3 aromatic carbocycles. The highest BCUT2D eigenvalue weighted by Gasteiger charge is 2.24. The first-order valence-corrected chi connectivity index (χ1v) is 11.4. The van der Waals surface area contributed by atoms with E-state index in [1.54, 1.807) is 0 Å². The van der Waals surface area contributed by atoms with E-state index >= 15 is 0 Å². The SMILES string of the molecule is Cc1ccc2c(oc3c(C#N)c(CC(C)C)c(-c4ccccc4)cc32)c1-c1cccc[n+]1C. The number of fused-ring (bicyclic) bond motifs is 3. The van der Waals surface area contributed by atoms with Gasteiger partial charge in [0.25, 0.3) is 0 Å². The zero-order valence-electron chi connectivity index (χ0n) is 19.5. The standard InChI is InChI=1S/C30H27N2O/c1-19(2)16-24-23(21-10-6-5-7-11-21)17-25-22-14-13-20(3)28(27-12-8-9-15-32(27)4)30(22)33-29(25)26(24)18-31/h5-15,17,19H,16H2,1-4H3/q+1. The number of benzene rings is 3. The van der Waals surface area contributed by atoms with Crippen LogP contribution in [0.4, 0.5) is 0 Å². The van der Waals surface area contributed by atoms with Gasteiger partial charge in [-0.1, -0.05) is 56.3 Å². The Hall–Kier alpha value is -3.90. The van der Waals surface area contributed by atoms with Crippen LogP contribution in [0.1, 0.15) is 30.5 Å². The number of hydrogen-bond acceptors (Lipinski definition) is 2. The number of furan rings is 1. The summed E-state index contributed by atoms with van der Waals surface area (Å²) >= 11 is 0. The Morgan fingerprint density at radius 1 is 0.939 bits per heavy atom. The van der Waals surface area contributed by atoms with Gasteiger partial charge >= 0.3 is 0 Å². The molecule has 5 aromatic rings. The van der Waals surface area contributed by atoms with E-state index in [1.165, 1.54) is 0 Å². The summed E-state index contributed by atoms with van der Waals surface area (Å²) in [5.74, 6) is 0.419. The van der Waals surface area contributed by atoms with Gasteiger partial charge in [-0.2, -0.15) is 5.26 Å². The van der Waals surface area contributed by atoms with Crippen molar-refractivity contribution in [2.24, 2.45) is 13.0 Å². The van der Waals surface area contributed by atoms with Gasteiger partial charge in [0.2, 0.25) is 5.69 Å².